The molecule has 0 bridgehead atoms. The van der Waals surface area contributed by atoms with Crippen molar-refractivity contribution in [2.24, 2.45) is 5.92 Å². The molecule has 1 amide bonds. The smallest absolute Gasteiger partial charge is 0.280 e. The lowest BCUT2D eigenvalue weighted by Gasteiger charge is -2.32. The first-order chi connectivity index (χ1) is 12.1. The molecular formula is C19H24N2O4. The summed E-state index contributed by atoms with van der Waals surface area (Å²) in [5.41, 5.74) is 0.939. The van der Waals surface area contributed by atoms with Crippen molar-refractivity contribution in [3.8, 4) is 5.75 Å². The molecule has 2 aromatic rings. The highest BCUT2D eigenvalue weighted by atomic mass is 16.5. The van der Waals surface area contributed by atoms with Gasteiger partial charge in [-0.15, -0.1) is 0 Å². The van der Waals surface area contributed by atoms with E-state index in [2.05, 4.69) is 5.16 Å². The number of hydrogen-bond donors (Lipinski definition) is 1. The molecule has 2 heterocycles. The van der Waals surface area contributed by atoms with Crippen LogP contribution in [0.15, 0.2) is 39.6 Å². The van der Waals surface area contributed by atoms with Crippen molar-refractivity contribution in [2.75, 3.05) is 19.7 Å². The third-order valence-corrected chi connectivity index (χ3v) is 4.54. The summed E-state index contributed by atoms with van der Waals surface area (Å²) in [4.78, 5) is 25.3. The van der Waals surface area contributed by atoms with E-state index in [1.807, 2.05) is 36.1 Å². The van der Waals surface area contributed by atoms with Gasteiger partial charge in [0.1, 0.15) is 11.5 Å². The van der Waals surface area contributed by atoms with Gasteiger partial charge in [0, 0.05) is 37.9 Å². The molecule has 0 spiro atoms. The number of carbonyl (C=O) groups is 1. The number of benzene rings is 1. The molecule has 6 heteroatoms. The summed E-state index contributed by atoms with van der Waals surface area (Å²) in [6.45, 7) is 4.19. The molecule has 1 aliphatic heterocycles. The third kappa shape index (κ3) is 4.98. The van der Waals surface area contributed by atoms with Crippen LogP contribution in [0.1, 0.15) is 30.6 Å². The monoisotopic (exact) mass is 344 g/mol. The number of hydrogen-bond acceptors (Lipinski definition) is 4. The minimum atomic E-state index is -0.270. The van der Waals surface area contributed by atoms with E-state index in [0.29, 0.717) is 31.1 Å². The van der Waals surface area contributed by atoms with E-state index in [-0.39, 0.29) is 11.5 Å². The van der Waals surface area contributed by atoms with Crippen LogP contribution in [0.4, 0.5) is 0 Å². The highest BCUT2D eigenvalue weighted by Gasteiger charge is 2.24. The lowest BCUT2D eigenvalue weighted by atomic mass is 9.98. The number of likely N-dealkylation sites (tertiary alicyclic amines) is 1. The fourth-order valence-corrected chi connectivity index (χ4v) is 3.11. The molecule has 1 fully saturated rings. The molecule has 1 aromatic carbocycles. The summed E-state index contributed by atoms with van der Waals surface area (Å²) < 4.78 is 10.9. The van der Waals surface area contributed by atoms with Gasteiger partial charge in [-0.25, -0.2) is 0 Å². The lowest BCUT2D eigenvalue weighted by molar-refractivity contribution is -0.133. The minimum absolute atomic E-state index is 0.101. The van der Waals surface area contributed by atoms with Gasteiger partial charge in [-0.3, -0.25) is 9.59 Å². The average molecular weight is 344 g/mol. The first-order valence-electron chi connectivity index (χ1n) is 8.75. The summed E-state index contributed by atoms with van der Waals surface area (Å²) in [6.07, 6.45) is 2.86. The SMILES string of the molecule is Cc1ccc(OCC2CCCN(C(=O)CCc3cc(=O)[nH]o3)C2)cc1. The maximum atomic E-state index is 12.4. The number of amides is 1. The molecule has 1 aliphatic rings. The molecule has 25 heavy (non-hydrogen) atoms. The van der Waals surface area contributed by atoms with Crippen molar-refractivity contribution >= 4 is 5.91 Å². The van der Waals surface area contributed by atoms with Crippen molar-refractivity contribution in [1.82, 2.24) is 10.1 Å². The average Bonchev–Trinajstić information content (AvgIpc) is 3.05. The number of ether oxygens (including phenoxy) is 1. The molecule has 134 valence electrons. The maximum absolute atomic E-state index is 12.4. The number of aryl methyl sites for hydroxylation is 2. The topological polar surface area (TPSA) is 75.5 Å². The number of aromatic nitrogens is 1. The van der Waals surface area contributed by atoms with E-state index in [0.717, 1.165) is 31.7 Å². The predicted molar refractivity (Wildman–Crippen MR) is 93.6 cm³/mol. The zero-order valence-electron chi connectivity index (χ0n) is 14.5. The molecule has 1 unspecified atom stereocenters. The van der Waals surface area contributed by atoms with Crippen molar-refractivity contribution in [2.45, 2.75) is 32.6 Å². The van der Waals surface area contributed by atoms with Gasteiger partial charge in [0.15, 0.2) is 0 Å². The number of rotatable bonds is 6. The second kappa shape index (κ2) is 8.05. The quantitative estimate of drug-likeness (QED) is 0.874. The summed E-state index contributed by atoms with van der Waals surface area (Å²) >= 11 is 0. The van der Waals surface area contributed by atoms with E-state index in [1.165, 1.54) is 11.6 Å². The van der Waals surface area contributed by atoms with Gasteiger partial charge in [-0.2, -0.15) is 5.16 Å². The molecule has 1 N–H and O–H groups in total. The Kier molecular flexibility index (Phi) is 5.58. The van der Waals surface area contributed by atoms with Crippen molar-refractivity contribution < 1.29 is 14.1 Å². The van der Waals surface area contributed by atoms with Crippen LogP contribution in [-0.4, -0.2) is 35.7 Å². The van der Waals surface area contributed by atoms with Gasteiger partial charge >= 0.3 is 0 Å². The molecule has 0 saturated carbocycles. The zero-order valence-corrected chi connectivity index (χ0v) is 14.5. The Morgan fingerprint density at radius 1 is 1.36 bits per heavy atom. The lowest BCUT2D eigenvalue weighted by Crippen LogP contribution is -2.41. The summed E-state index contributed by atoms with van der Waals surface area (Å²) in [7, 11) is 0. The second-order valence-corrected chi connectivity index (χ2v) is 6.65. The van der Waals surface area contributed by atoms with Gasteiger partial charge in [0.25, 0.3) is 5.56 Å². The highest BCUT2D eigenvalue weighted by Crippen LogP contribution is 2.20. The van der Waals surface area contributed by atoms with Gasteiger partial charge in [-0.1, -0.05) is 17.7 Å². The number of nitrogens with zero attached hydrogens (tertiary/aromatic N) is 1. The van der Waals surface area contributed by atoms with Crippen LogP contribution >= 0.6 is 0 Å². The van der Waals surface area contributed by atoms with Gasteiger partial charge < -0.3 is 14.2 Å². The van der Waals surface area contributed by atoms with E-state index in [4.69, 9.17) is 9.26 Å². The normalized spacial score (nSPS) is 17.5. The predicted octanol–water partition coefficient (Wildman–Crippen LogP) is 2.53. The van der Waals surface area contributed by atoms with Crippen molar-refractivity contribution in [3.63, 3.8) is 0 Å². The largest absolute Gasteiger partial charge is 0.493 e. The van der Waals surface area contributed by atoms with E-state index < -0.39 is 0 Å². The van der Waals surface area contributed by atoms with Crippen LogP contribution in [0.5, 0.6) is 5.75 Å². The van der Waals surface area contributed by atoms with Crippen LogP contribution in [0.3, 0.4) is 0 Å². The number of nitrogens with one attached hydrogen (secondary N) is 1. The number of aromatic amines is 1. The Hall–Kier alpha value is -2.50. The zero-order chi connectivity index (χ0) is 17.6. The fraction of sp³-hybridized carbons (Fsp3) is 0.474. The highest BCUT2D eigenvalue weighted by molar-refractivity contribution is 5.76. The molecular weight excluding hydrogens is 320 g/mol. The van der Waals surface area contributed by atoms with Crippen LogP contribution in [0.25, 0.3) is 0 Å². The molecule has 0 aliphatic carbocycles. The molecule has 1 saturated heterocycles. The van der Waals surface area contributed by atoms with Gasteiger partial charge in [0.05, 0.1) is 6.61 Å². The Morgan fingerprint density at radius 2 is 2.16 bits per heavy atom. The minimum Gasteiger partial charge on any atom is -0.493 e. The van der Waals surface area contributed by atoms with E-state index in [1.54, 1.807) is 0 Å². The van der Waals surface area contributed by atoms with Crippen molar-refractivity contribution in [1.29, 1.82) is 0 Å². The van der Waals surface area contributed by atoms with Crippen LogP contribution in [0, 0.1) is 12.8 Å². The third-order valence-electron chi connectivity index (χ3n) is 4.54. The molecule has 0 radical (unpaired) electrons. The first kappa shape index (κ1) is 17.3. The Balaban J connectivity index is 1.45. The van der Waals surface area contributed by atoms with Crippen LogP contribution in [-0.2, 0) is 11.2 Å². The maximum Gasteiger partial charge on any atom is 0.280 e. The number of piperidine rings is 1. The number of carbonyl (C=O) groups excluding carboxylic acids is 1. The fourth-order valence-electron chi connectivity index (χ4n) is 3.11. The Morgan fingerprint density at radius 3 is 2.88 bits per heavy atom. The van der Waals surface area contributed by atoms with Gasteiger partial charge in [-0.05, 0) is 31.9 Å². The van der Waals surface area contributed by atoms with Crippen molar-refractivity contribution in [3.05, 3.63) is 52.0 Å². The molecule has 1 atom stereocenters. The van der Waals surface area contributed by atoms with Crippen LogP contribution < -0.4 is 10.3 Å². The Labute approximate surface area is 146 Å². The second-order valence-electron chi connectivity index (χ2n) is 6.65. The summed E-state index contributed by atoms with van der Waals surface area (Å²) in [5.74, 6) is 1.85. The first-order valence-corrected chi connectivity index (χ1v) is 8.75. The standard InChI is InChI=1S/C19H24N2O4/c1-14-4-6-16(7-5-14)24-13-15-3-2-10-21(12-15)19(23)9-8-17-11-18(22)20-25-17/h4-7,11,15H,2-3,8-10,12-13H2,1H3,(H,20,22). The number of H-pyrrole nitrogens is 1. The van der Waals surface area contributed by atoms with Gasteiger partial charge in [0.2, 0.25) is 5.91 Å². The molecule has 6 nitrogen and oxygen atoms in total. The van der Waals surface area contributed by atoms with E-state index in [9.17, 15) is 9.59 Å². The van der Waals surface area contributed by atoms with E-state index >= 15 is 0 Å². The molecule has 1 aromatic heterocycles. The van der Waals surface area contributed by atoms with Crippen LogP contribution in [0.2, 0.25) is 0 Å². The molecule has 3 rings (SSSR count). The summed E-state index contributed by atoms with van der Waals surface area (Å²) in [5, 5.41) is 2.24. The summed E-state index contributed by atoms with van der Waals surface area (Å²) in [6, 6.07) is 9.41. The Bertz CT molecular complexity index is 747.